The molecule has 0 aliphatic rings. The maximum atomic E-state index is 13.4. The van der Waals surface area contributed by atoms with Gasteiger partial charge in [-0.2, -0.15) is 0 Å². The predicted octanol–water partition coefficient (Wildman–Crippen LogP) is 2.89. The lowest BCUT2D eigenvalue weighted by molar-refractivity contribution is 0.0926. The highest BCUT2D eigenvalue weighted by Crippen LogP contribution is 2.14. The van der Waals surface area contributed by atoms with Gasteiger partial charge in [0.05, 0.1) is 5.56 Å². The van der Waals surface area contributed by atoms with Crippen LogP contribution in [0.2, 0.25) is 0 Å². The van der Waals surface area contributed by atoms with Crippen molar-refractivity contribution in [2.45, 2.75) is 31.7 Å². The molecular formula is C12H16FNOS. The minimum Gasteiger partial charge on any atom is -0.349 e. The molecule has 0 fully saturated rings. The van der Waals surface area contributed by atoms with Crippen LogP contribution in [0.25, 0.3) is 0 Å². The third-order valence-corrected chi connectivity index (χ3v) is 2.83. The van der Waals surface area contributed by atoms with Crippen LogP contribution < -0.4 is 5.32 Å². The van der Waals surface area contributed by atoms with E-state index in [2.05, 4.69) is 17.9 Å². The molecule has 0 spiro atoms. The molecule has 0 aliphatic carbocycles. The minimum absolute atomic E-state index is 0.00970. The zero-order valence-electron chi connectivity index (χ0n) is 9.62. The molecule has 0 aliphatic heterocycles. The largest absolute Gasteiger partial charge is 0.349 e. The Bertz CT molecular complexity index is 393. The molecule has 0 saturated heterocycles. The van der Waals surface area contributed by atoms with E-state index in [4.69, 9.17) is 0 Å². The van der Waals surface area contributed by atoms with E-state index in [0.717, 1.165) is 0 Å². The summed E-state index contributed by atoms with van der Waals surface area (Å²) in [6.07, 6.45) is 0. The van der Waals surface area contributed by atoms with Crippen molar-refractivity contribution in [1.82, 2.24) is 5.32 Å². The molecule has 1 rings (SSSR count). The summed E-state index contributed by atoms with van der Waals surface area (Å²) >= 11 is 4.08. The SMILES string of the molecule is CC(C)C(C)NC(=O)c1cc(S)ccc1F. The Morgan fingerprint density at radius 1 is 1.38 bits per heavy atom. The molecule has 0 bridgehead atoms. The highest BCUT2D eigenvalue weighted by Gasteiger charge is 2.15. The Morgan fingerprint density at radius 3 is 2.56 bits per heavy atom. The van der Waals surface area contributed by atoms with E-state index in [0.29, 0.717) is 10.8 Å². The Labute approximate surface area is 101 Å². The first-order valence-corrected chi connectivity index (χ1v) is 5.66. The summed E-state index contributed by atoms with van der Waals surface area (Å²) in [6.45, 7) is 5.89. The summed E-state index contributed by atoms with van der Waals surface area (Å²) in [4.78, 5) is 12.3. The van der Waals surface area contributed by atoms with Crippen molar-refractivity contribution < 1.29 is 9.18 Å². The van der Waals surface area contributed by atoms with Gasteiger partial charge in [-0.15, -0.1) is 12.6 Å². The van der Waals surface area contributed by atoms with Crippen molar-refractivity contribution in [2.24, 2.45) is 5.92 Å². The van der Waals surface area contributed by atoms with Crippen LogP contribution in [0.3, 0.4) is 0 Å². The fourth-order valence-electron chi connectivity index (χ4n) is 1.14. The number of rotatable bonds is 3. The fraction of sp³-hybridized carbons (Fsp3) is 0.417. The molecule has 16 heavy (non-hydrogen) atoms. The second-order valence-corrected chi connectivity index (χ2v) is 4.69. The van der Waals surface area contributed by atoms with Gasteiger partial charge in [-0.1, -0.05) is 13.8 Å². The van der Waals surface area contributed by atoms with Crippen molar-refractivity contribution in [1.29, 1.82) is 0 Å². The van der Waals surface area contributed by atoms with Gasteiger partial charge in [0.25, 0.3) is 5.91 Å². The third-order valence-electron chi connectivity index (χ3n) is 2.55. The molecule has 1 atom stereocenters. The number of benzene rings is 1. The number of hydrogen-bond donors (Lipinski definition) is 2. The van der Waals surface area contributed by atoms with Crippen LogP contribution in [0.5, 0.6) is 0 Å². The summed E-state index contributed by atoms with van der Waals surface area (Å²) in [6, 6.07) is 4.20. The van der Waals surface area contributed by atoms with Crippen molar-refractivity contribution in [2.75, 3.05) is 0 Å². The fourth-order valence-corrected chi connectivity index (χ4v) is 1.34. The van der Waals surface area contributed by atoms with Crippen LogP contribution in [-0.2, 0) is 0 Å². The zero-order valence-corrected chi connectivity index (χ0v) is 10.5. The molecule has 1 aromatic rings. The number of hydrogen-bond acceptors (Lipinski definition) is 2. The number of thiol groups is 1. The van der Waals surface area contributed by atoms with Gasteiger partial charge in [0.15, 0.2) is 0 Å². The lowest BCUT2D eigenvalue weighted by Gasteiger charge is -2.17. The Balaban J connectivity index is 2.84. The first-order chi connectivity index (χ1) is 7.41. The second-order valence-electron chi connectivity index (χ2n) is 4.17. The minimum atomic E-state index is -0.522. The molecule has 0 aromatic heterocycles. The average molecular weight is 241 g/mol. The number of nitrogens with one attached hydrogen (secondary N) is 1. The highest BCUT2D eigenvalue weighted by atomic mass is 32.1. The van der Waals surface area contributed by atoms with Crippen molar-refractivity contribution >= 4 is 18.5 Å². The van der Waals surface area contributed by atoms with Gasteiger partial charge in [-0.3, -0.25) is 4.79 Å². The van der Waals surface area contributed by atoms with Gasteiger partial charge >= 0.3 is 0 Å². The van der Waals surface area contributed by atoms with E-state index in [-0.39, 0.29) is 11.6 Å². The standard InChI is InChI=1S/C12H16FNOS/c1-7(2)8(3)14-12(15)10-6-9(16)4-5-11(10)13/h4-8,16H,1-3H3,(H,14,15). The zero-order chi connectivity index (χ0) is 12.3. The quantitative estimate of drug-likeness (QED) is 0.783. The van der Waals surface area contributed by atoms with Crippen LogP contribution in [0.15, 0.2) is 23.1 Å². The third kappa shape index (κ3) is 3.23. The molecule has 88 valence electrons. The summed E-state index contributed by atoms with van der Waals surface area (Å²) < 4.78 is 13.4. The first kappa shape index (κ1) is 13.0. The van der Waals surface area contributed by atoms with E-state index in [1.54, 1.807) is 0 Å². The molecule has 0 radical (unpaired) electrons. The molecule has 0 saturated carbocycles. The van der Waals surface area contributed by atoms with Gasteiger partial charge in [0.1, 0.15) is 5.82 Å². The summed E-state index contributed by atoms with van der Waals surface area (Å²) in [7, 11) is 0. The van der Waals surface area contributed by atoms with E-state index in [1.165, 1.54) is 18.2 Å². The van der Waals surface area contributed by atoms with Gasteiger partial charge in [0, 0.05) is 10.9 Å². The Kier molecular flexibility index (Phi) is 4.35. The van der Waals surface area contributed by atoms with Crippen LogP contribution in [-0.4, -0.2) is 11.9 Å². The van der Waals surface area contributed by atoms with Gasteiger partial charge in [-0.25, -0.2) is 4.39 Å². The molecule has 4 heteroatoms. The lowest BCUT2D eigenvalue weighted by atomic mass is 10.1. The van der Waals surface area contributed by atoms with Crippen LogP contribution in [0, 0.1) is 11.7 Å². The normalized spacial score (nSPS) is 12.6. The topological polar surface area (TPSA) is 29.1 Å². The monoisotopic (exact) mass is 241 g/mol. The Morgan fingerprint density at radius 2 is 2.00 bits per heavy atom. The number of carbonyl (C=O) groups is 1. The summed E-state index contributed by atoms with van der Waals surface area (Å²) in [5, 5.41) is 2.75. The molecule has 1 aromatic carbocycles. The van der Waals surface area contributed by atoms with Crippen LogP contribution in [0.1, 0.15) is 31.1 Å². The lowest BCUT2D eigenvalue weighted by Crippen LogP contribution is -2.36. The molecule has 1 N–H and O–H groups in total. The molecular weight excluding hydrogens is 225 g/mol. The predicted molar refractivity (Wildman–Crippen MR) is 65.4 cm³/mol. The van der Waals surface area contributed by atoms with Crippen molar-refractivity contribution in [3.63, 3.8) is 0 Å². The highest BCUT2D eigenvalue weighted by molar-refractivity contribution is 7.80. The molecule has 0 heterocycles. The number of amides is 1. The molecule has 1 amide bonds. The summed E-state index contributed by atoms with van der Waals surface area (Å²) in [5.74, 6) is -0.605. The average Bonchev–Trinajstić information content (AvgIpc) is 2.21. The smallest absolute Gasteiger partial charge is 0.254 e. The maximum Gasteiger partial charge on any atom is 0.254 e. The van der Waals surface area contributed by atoms with E-state index in [1.807, 2.05) is 20.8 Å². The first-order valence-electron chi connectivity index (χ1n) is 5.21. The van der Waals surface area contributed by atoms with Gasteiger partial charge < -0.3 is 5.32 Å². The molecule has 1 unspecified atom stereocenters. The number of carbonyl (C=O) groups excluding carboxylic acids is 1. The number of halogens is 1. The Hall–Kier alpha value is -1.03. The van der Waals surface area contributed by atoms with Gasteiger partial charge in [0.2, 0.25) is 0 Å². The second kappa shape index (κ2) is 5.34. The summed E-state index contributed by atoms with van der Waals surface area (Å²) in [5.41, 5.74) is 0.0417. The van der Waals surface area contributed by atoms with Crippen molar-refractivity contribution in [3.05, 3.63) is 29.6 Å². The van der Waals surface area contributed by atoms with Crippen LogP contribution >= 0.6 is 12.6 Å². The molecule has 2 nitrogen and oxygen atoms in total. The van der Waals surface area contributed by atoms with Gasteiger partial charge in [-0.05, 0) is 31.0 Å². The maximum absolute atomic E-state index is 13.4. The van der Waals surface area contributed by atoms with E-state index in [9.17, 15) is 9.18 Å². The van der Waals surface area contributed by atoms with E-state index < -0.39 is 11.7 Å². The van der Waals surface area contributed by atoms with Crippen LogP contribution in [0.4, 0.5) is 4.39 Å². The van der Waals surface area contributed by atoms with Crippen molar-refractivity contribution in [3.8, 4) is 0 Å². The van der Waals surface area contributed by atoms with E-state index >= 15 is 0 Å².